The number of amides is 3. The molecule has 4 aliphatic rings. The van der Waals surface area contributed by atoms with Crippen LogP contribution in [0.1, 0.15) is 37.4 Å². The molecule has 0 unspecified atom stereocenters. The van der Waals surface area contributed by atoms with Crippen LogP contribution in [0.3, 0.4) is 0 Å². The summed E-state index contributed by atoms with van der Waals surface area (Å²) in [6, 6.07) is 15.0. The first-order valence-corrected chi connectivity index (χ1v) is 15.7. The standard InChI is InChI=1S/C34H36ClN3O7/c35-23-13-4-5-14-24(23)37-19-10-17-34-29(31(41)38(18-8-9-20-39)30(34)32(37)42)28-25(45-34)15-6-7-16-27(40)36-21-26(44-33(28)43)22-11-2-1-3-12-22/h1-6,10-15,17,25-26,28-30,39H,7-9,16,18-21H2,(H,36,40)/b15-6-/t25-,26+,28+,29+,30-,34+/m0/s1. The lowest BCUT2D eigenvalue weighted by molar-refractivity contribution is -0.159. The average Bonchev–Trinajstić information content (AvgIpc) is 3.42. The van der Waals surface area contributed by atoms with E-state index in [0.29, 0.717) is 35.5 Å². The zero-order valence-electron chi connectivity index (χ0n) is 24.7. The largest absolute Gasteiger partial charge is 0.455 e. The van der Waals surface area contributed by atoms with Gasteiger partial charge in [0, 0.05) is 26.1 Å². The number of aliphatic hydroxyl groups excluding tert-OH is 1. The van der Waals surface area contributed by atoms with Crippen LogP contribution in [-0.2, 0) is 28.7 Å². The van der Waals surface area contributed by atoms with Crippen molar-refractivity contribution in [2.24, 2.45) is 11.8 Å². The first-order valence-electron chi connectivity index (χ1n) is 15.4. The molecule has 6 atom stereocenters. The van der Waals surface area contributed by atoms with E-state index in [2.05, 4.69) is 5.32 Å². The van der Waals surface area contributed by atoms with Crippen molar-refractivity contribution in [3.63, 3.8) is 0 Å². The van der Waals surface area contributed by atoms with Crippen molar-refractivity contribution < 1.29 is 33.8 Å². The fraction of sp³-hybridized carbons (Fsp3) is 0.412. The lowest BCUT2D eigenvalue weighted by Crippen LogP contribution is -2.55. The van der Waals surface area contributed by atoms with E-state index in [9.17, 15) is 24.3 Å². The molecule has 6 rings (SSSR count). The Morgan fingerprint density at radius 3 is 2.53 bits per heavy atom. The van der Waals surface area contributed by atoms with Gasteiger partial charge in [0.1, 0.15) is 23.7 Å². The minimum absolute atomic E-state index is 0.0589. The summed E-state index contributed by atoms with van der Waals surface area (Å²) in [6.07, 6.45) is 6.88. The molecule has 2 N–H and O–H groups in total. The summed E-state index contributed by atoms with van der Waals surface area (Å²) in [6.45, 7) is 0.398. The van der Waals surface area contributed by atoms with E-state index in [-0.39, 0.29) is 50.4 Å². The number of allylic oxidation sites excluding steroid dienone is 1. The number of anilines is 1. The van der Waals surface area contributed by atoms with Gasteiger partial charge >= 0.3 is 5.97 Å². The number of aliphatic hydroxyl groups is 1. The van der Waals surface area contributed by atoms with Gasteiger partial charge in [0.25, 0.3) is 5.91 Å². The molecule has 2 fully saturated rings. The van der Waals surface area contributed by atoms with Crippen LogP contribution in [0.2, 0.25) is 5.02 Å². The summed E-state index contributed by atoms with van der Waals surface area (Å²) >= 11 is 6.53. The van der Waals surface area contributed by atoms with Gasteiger partial charge in [-0.05, 0) is 37.0 Å². The number of para-hydroxylation sites is 1. The van der Waals surface area contributed by atoms with Crippen LogP contribution in [0.15, 0.2) is 78.9 Å². The van der Waals surface area contributed by atoms with Gasteiger partial charge in [0.2, 0.25) is 11.8 Å². The molecule has 0 aliphatic carbocycles. The van der Waals surface area contributed by atoms with Gasteiger partial charge in [-0.2, -0.15) is 0 Å². The van der Waals surface area contributed by atoms with Gasteiger partial charge < -0.3 is 29.7 Å². The number of hydrogen-bond donors (Lipinski definition) is 2. The fourth-order valence-corrected chi connectivity index (χ4v) is 7.17. The van der Waals surface area contributed by atoms with Crippen LogP contribution in [0.25, 0.3) is 0 Å². The Morgan fingerprint density at radius 2 is 1.76 bits per heavy atom. The first-order chi connectivity index (χ1) is 21.9. The molecule has 11 heteroatoms. The highest BCUT2D eigenvalue weighted by molar-refractivity contribution is 6.34. The monoisotopic (exact) mass is 633 g/mol. The molecular weight excluding hydrogens is 598 g/mol. The lowest BCUT2D eigenvalue weighted by atomic mass is 9.78. The molecule has 1 spiro atoms. The molecule has 0 radical (unpaired) electrons. The maximum absolute atomic E-state index is 14.5. The molecule has 3 amide bonds. The zero-order valence-corrected chi connectivity index (χ0v) is 25.5. The van der Waals surface area contributed by atoms with Crippen molar-refractivity contribution >= 4 is 41.0 Å². The Morgan fingerprint density at radius 1 is 0.978 bits per heavy atom. The van der Waals surface area contributed by atoms with E-state index in [0.717, 1.165) is 0 Å². The second-order valence-corrected chi connectivity index (χ2v) is 12.1. The highest BCUT2D eigenvalue weighted by Crippen LogP contribution is 2.53. The van der Waals surface area contributed by atoms with Crippen molar-refractivity contribution in [2.75, 3.05) is 31.1 Å². The lowest BCUT2D eigenvalue weighted by Gasteiger charge is -2.35. The van der Waals surface area contributed by atoms with Crippen LogP contribution >= 0.6 is 11.6 Å². The fourth-order valence-electron chi connectivity index (χ4n) is 6.93. The van der Waals surface area contributed by atoms with Crippen LogP contribution in [0.4, 0.5) is 5.69 Å². The number of carbonyl (C=O) groups is 4. The molecule has 236 valence electrons. The van der Waals surface area contributed by atoms with Crippen LogP contribution in [0, 0.1) is 11.8 Å². The Bertz CT molecular complexity index is 1510. The van der Waals surface area contributed by atoms with E-state index >= 15 is 0 Å². The van der Waals surface area contributed by atoms with Crippen molar-refractivity contribution in [3.8, 4) is 0 Å². The number of hydrogen-bond acceptors (Lipinski definition) is 7. The van der Waals surface area contributed by atoms with Crippen molar-refractivity contribution in [1.82, 2.24) is 10.2 Å². The average molecular weight is 634 g/mol. The number of cyclic esters (lactones) is 1. The summed E-state index contributed by atoms with van der Waals surface area (Å²) < 4.78 is 12.8. The maximum Gasteiger partial charge on any atom is 0.313 e. The molecule has 2 aromatic carbocycles. The van der Waals surface area contributed by atoms with Gasteiger partial charge in [-0.15, -0.1) is 0 Å². The molecule has 2 aromatic rings. The molecule has 4 heterocycles. The van der Waals surface area contributed by atoms with E-state index in [1.54, 1.807) is 48.6 Å². The highest BCUT2D eigenvalue weighted by Gasteiger charge is 2.71. The van der Waals surface area contributed by atoms with Gasteiger partial charge in [-0.3, -0.25) is 19.2 Å². The first kappa shape index (κ1) is 31.0. The second kappa shape index (κ2) is 13.2. The van der Waals surface area contributed by atoms with E-state index < -0.39 is 41.7 Å². The van der Waals surface area contributed by atoms with E-state index in [1.807, 2.05) is 30.3 Å². The van der Waals surface area contributed by atoms with Gasteiger partial charge in [-0.25, -0.2) is 0 Å². The highest BCUT2D eigenvalue weighted by atomic mass is 35.5. The number of carbonyl (C=O) groups excluding carboxylic acids is 4. The van der Waals surface area contributed by atoms with Gasteiger partial charge in [-0.1, -0.05) is 78.4 Å². The van der Waals surface area contributed by atoms with E-state index in [4.69, 9.17) is 21.1 Å². The molecular formula is C34H36ClN3O7. The van der Waals surface area contributed by atoms with Crippen molar-refractivity contribution in [1.29, 1.82) is 0 Å². The summed E-state index contributed by atoms with van der Waals surface area (Å²) in [7, 11) is 0. The number of nitrogens with zero attached hydrogens (tertiary/aromatic N) is 2. The Balaban J connectivity index is 1.42. The van der Waals surface area contributed by atoms with E-state index in [1.165, 1.54) is 9.80 Å². The third-order valence-electron chi connectivity index (χ3n) is 8.99. The molecule has 10 nitrogen and oxygen atoms in total. The minimum atomic E-state index is -1.46. The normalized spacial score (nSPS) is 30.8. The molecule has 0 saturated carbocycles. The van der Waals surface area contributed by atoms with Crippen LogP contribution < -0.4 is 10.2 Å². The number of ether oxygens (including phenoxy) is 2. The van der Waals surface area contributed by atoms with Crippen LogP contribution in [0.5, 0.6) is 0 Å². The smallest absolute Gasteiger partial charge is 0.313 e. The summed E-state index contributed by atoms with van der Waals surface area (Å²) in [5.41, 5.74) is -0.257. The quantitative estimate of drug-likeness (QED) is 0.284. The second-order valence-electron chi connectivity index (χ2n) is 11.7. The molecule has 4 aliphatic heterocycles. The molecule has 45 heavy (non-hydrogen) atoms. The third-order valence-corrected chi connectivity index (χ3v) is 9.31. The summed E-state index contributed by atoms with van der Waals surface area (Å²) in [5.74, 6) is -3.68. The number of esters is 1. The molecule has 2 saturated heterocycles. The Kier molecular flexibility index (Phi) is 9.07. The summed E-state index contributed by atoms with van der Waals surface area (Å²) in [5, 5.41) is 12.7. The number of benzene rings is 2. The Hall–Kier alpha value is -3.99. The number of unbranched alkanes of at least 4 members (excludes halogenated alkanes) is 1. The topological polar surface area (TPSA) is 125 Å². The number of halogens is 1. The Labute approximate surface area is 266 Å². The number of rotatable bonds is 6. The minimum Gasteiger partial charge on any atom is -0.455 e. The number of nitrogens with one attached hydrogen (secondary N) is 1. The maximum atomic E-state index is 14.5. The van der Waals surface area contributed by atoms with Crippen molar-refractivity contribution in [3.05, 3.63) is 89.5 Å². The zero-order chi connectivity index (χ0) is 31.6. The summed E-state index contributed by atoms with van der Waals surface area (Å²) in [4.78, 5) is 58.7. The number of likely N-dealkylation sites (tertiary alicyclic amines) is 1. The molecule has 0 aromatic heterocycles. The van der Waals surface area contributed by atoms with Crippen molar-refractivity contribution in [2.45, 2.75) is 49.5 Å². The SMILES string of the molecule is O=C1CC/C=C\[C@@H]2O[C@@]34C=CCN(c5ccccc5Cl)C(=O)[C@@H]3N(CCCCO)C(=O)[C@H]4[C@@H]2C(=O)O[C@@H](c2ccccc2)CN1. The van der Waals surface area contributed by atoms with Crippen LogP contribution in [-0.4, -0.2) is 77.7 Å². The predicted molar refractivity (Wildman–Crippen MR) is 166 cm³/mol. The number of fused-ring (bicyclic) bond motifs is 2. The predicted octanol–water partition coefficient (Wildman–Crippen LogP) is 3.35. The third kappa shape index (κ3) is 5.78. The molecule has 0 bridgehead atoms. The van der Waals surface area contributed by atoms with Gasteiger partial charge in [0.15, 0.2) is 0 Å². The van der Waals surface area contributed by atoms with Gasteiger partial charge in [0.05, 0.1) is 29.3 Å².